The van der Waals surface area contributed by atoms with Crippen molar-refractivity contribution in [2.75, 3.05) is 5.75 Å². The van der Waals surface area contributed by atoms with E-state index in [0.29, 0.717) is 18.6 Å². The van der Waals surface area contributed by atoms with Gasteiger partial charge < -0.3 is 15.3 Å². The third-order valence-electron chi connectivity index (χ3n) is 5.73. The molecule has 2 aliphatic heterocycles. The highest BCUT2D eigenvalue weighted by Gasteiger charge is 2.45. The van der Waals surface area contributed by atoms with Gasteiger partial charge in [-0.3, -0.25) is 9.59 Å². The van der Waals surface area contributed by atoms with Gasteiger partial charge in [0.2, 0.25) is 11.8 Å². The number of amides is 2. The van der Waals surface area contributed by atoms with Crippen LogP contribution >= 0.6 is 24.4 Å². The zero-order valence-electron chi connectivity index (χ0n) is 16.8. The second-order valence-corrected chi connectivity index (χ2v) is 9.59. The molecule has 1 unspecified atom stereocenters. The van der Waals surface area contributed by atoms with Gasteiger partial charge in [0, 0.05) is 6.42 Å². The number of thiol groups is 1. The largest absolute Gasteiger partial charge is 0.480 e. The van der Waals surface area contributed by atoms with Gasteiger partial charge >= 0.3 is 5.97 Å². The molecule has 0 spiro atoms. The summed E-state index contributed by atoms with van der Waals surface area (Å²) in [6.07, 6.45) is 1.16. The van der Waals surface area contributed by atoms with E-state index >= 15 is 0 Å². The summed E-state index contributed by atoms with van der Waals surface area (Å²) in [6.45, 7) is 0. The Morgan fingerprint density at radius 3 is 2.61 bits per heavy atom. The SMILES string of the molecule is O=C(N[C@@H]1CCS[C@@H]2c3ccccc3C[C@H](C(=O)O)N2C1=O)C(S)Cc1ccccc1. The normalized spacial score (nSPS) is 23.8. The Hall–Kier alpha value is -2.45. The third kappa shape index (κ3) is 4.60. The molecule has 162 valence electrons. The molecule has 2 aromatic carbocycles. The van der Waals surface area contributed by atoms with Crippen LogP contribution in [-0.2, 0) is 27.2 Å². The lowest BCUT2D eigenvalue weighted by atomic mass is 9.93. The zero-order valence-corrected chi connectivity index (χ0v) is 18.5. The van der Waals surface area contributed by atoms with Crippen molar-refractivity contribution in [2.45, 2.75) is 42.0 Å². The maximum absolute atomic E-state index is 13.4. The number of carbonyl (C=O) groups is 3. The number of nitrogens with one attached hydrogen (secondary N) is 1. The smallest absolute Gasteiger partial charge is 0.326 e. The third-order valence-corrected chi connectivity index (χ3v) is 7.42. The number of fused-ring (bicyclic) bond motifs is 3. The molecule has 8 heteroatoms. The lowest BCUT2D eigenvalue weighted by Crippen LogP contribution is -2.56. The fraction of sp³-hybridized carbons (Fsp3) is 0.348. The van der Waals surface area contributed by atoms with E-state index in [4.69, 9.17) is 0 Å². The molecule has 0 saturated carbocycles. The molecule has 4 atom stereocenters. The van der Waals surface area contributed by atoms with Crippen LogP contribution < -0.4 is 5.32 Å². The van der Waals surface area contributed by atoms with Crippen molar-refractivity contribution in [3.63, 3.8) is 0 Å². The first kappa shape index (κ1) is 21.8. The molecule has 2 heterocycles. The van der Waals surface area contributed by atoms with Crippen LogP contribution in [0.2, 0.25) is 0 Å². The van der Waals surface area contributed by atoms with Crippen LogP contribution in [0.25, 0.3) is 0 Å². The van der Waals surface area contributed by atoms with E-state index in [9.17, 15) is 19.5 Å². The molecular weight excluding hydrogens is 432 g/mol. The molecule has 2 amide bonds. The number of benzene rings is 2. The Balaban J connectivity index is 1.53. The summed E-state index contributed by atoms with van der Waals surface area (Å²) in [4.78, 5) is 39.7. The summed E-state index contributed by atoms with van der Waals surface area (Å²) in [7, 11) is 0. The van der Waals surface area contributed by atoms with Crippen LogP contribution in [0.5, 0.6) is 0 Å². The maximum Gasteiger partial charge on any atom is 0.326 e. The minimum Gasteiger partial charge on any atom is -0.480 e. The zero-order chi connectivity index (χ0) is 22.0. The highest BCUT2D eigenvalue weighted by Crippen LogP contribution is 2.43. The molecule has 4 rings (SSSR count). The van der Waals surface area contributed by atoms with Crippen molar-refractivity contribution in [3.8, 4) is 0 Å². The van der Waals surface area contributed by atoms with Crippen molar-refractivity contribution >= 4 is 42.2 Å². The van der Waals surface area contributed by atoms with Gasteiger partial charge in [0.15, 0.2) is 0 Å². The summed E-state index contributed by atoms with van der Waals surface area (Å²) in [6, 6.07) is 15.5. The number of hydrogen-bond donors (Lipinski definition) is 3. The molecule has 0 bridgehead atoms. The molecule has 0 aliphatic carbocycles. The number of carboxylic acids is 1. The van der Waals surface area contributed by atoms with Crippen LogP contribution in [-0.4, -0.2) is 50.9 Å². The second kappa shape index (κ2) is 9.36. The Kier molecular flexibility index (Phi) is 6.57. The molecule has 2 aliphatic rings. The van der Waals surface area contributed by atoms with Crippen molar-refractivity contribution in [2.24, 2.45) is 0 Å². The molecule has 31 heavy (non-hydrogen) atoms. The Morgan fingerprint density at radius 2 is 1.87 bits per heavy atom. The Bertz CT molecular complexity index is 985. The number of aliphatic carboxylic acids is 1. The minimum atomic E-state index is -1.03. The first-order valence-electron chi connectivity index (χ1n) is 10.2. The fourth-order valence-corrected chi connectivity index (χ4v) is 5.86. The van der Waals surface area contributed by atoms with Gasteiger partial charge in [0.05, 0.1) is 5.25 Å². The van der Waals surface area contributed by atoms with Gasteiger partial charge in [0.1, 0.15) is 17.5 Å². The van der Waals surface area contributed by atoms with E-state index in [2.05, 4.69) is 17.9 Å². The molecular formula is C23H24N2O4S2. The fourth-order valence-electron chi connectivity index (χ4n) is 4.16. The lowest BCUT2D eigenvalue weighted by Gasteiger charge is -2.40. The average Bonchev–Trinajstić information content (AvgIpc) is 2.93. The minimum absolute atomic E-state index is 0.262. The quantitative estimate of drug-likeness (QED) is 0.603. The second-order valence-electron chi connectivity index (χ2n) is 7.78. The van der Waals surface area contributed by atoms with Gasteiger partial charge in [-0.2, -0.15) is 12.6 Å². The molecule has 6 nitrogen and oxygen atoms in total. The monoisotopic (exact) mass is 456 g/mol. The molecule has 1 fully saturated rings. The molecule has 2 aromatic rings. The summed E-state index contributed by atoms with van der Waals surface area (Å²) in [5.41, 5.74) is 2.91. The van der Waals surface area contributed by atoms with Crippen molar-refractivity contribution in [1.29, 1.82) is 0 Å². The Morgan fingerprint density at radius 1 is 1.16 bits per heavy atom. The van der Waals surface area contributed by atoms with Gasteiger partial charge in [-0.25, -0.2) is 4.79 Å². The van der Waals surface area contributed by atoms with Crippen LogP contribution in [0.15, 0.2) is 54.6 Å². The van der Waals surface area contributed by atoms with E-state index in [-0.39, 0.29) is 23.6 Å². The van der Waals surface area contributed by atoms with E-state index in [1.165, 1.54) is 4.90 Å². The number of carboxylic acid groups (broad SMARTS) is 1. The van der Waals surface area contributed by atoms with Crippen molar-refractivity contribution in [3.05, 3.63) is 71.3 Å². The predicted octanol–water partition coefficient (Wildman–Crippen LogP) is 2.69. The summed E-state index contributed by atoms with van der Waals surface area (Å²) in [5, 5.41) is 11.7. The van der Waals surface area contributed by atoms with Crippen LogP contribution in [0, 0.1) is 0 Å². The van der Waals surface area contributed by atoms with Gasteiger partial charge in [-0.1, -0.05) is 54.6 Å². The van der Waals surface area contributed by atoms with E-state index < -0.39 is 23.3 Å². The van der Waals surface area contributed by atoms with E-state index in [1.54, 1.807) is 11.8 Å². The molecule has 0 aromatic heterocycles. The standard InChI is InChI=1S/C23H24N2O4S2/c26-20(19(30)12-14-6-2-1-3-7-14)24-17-10-11-31-22-16-9-5-4-8-15(16)13-18(23(28)29)25(22)21(17)27/h1-9,17-19,22,30H,10-13H2,(H,24,26)(H,28,29)/t17-,18-,19?,22-/m1/s1. The number of hydrogen-bond acceptors (Lipinski definition) is 5. The summed E-state index contributed by atoms with van der Waals surface area (Å²) < 4.78 is 0. The van der Waals surface area contributed by atoms with Crippen LogP contribution in [0.3, 0.4) is 0 Å². The highest BCUT2D eigenvalue weighted by atomic mass is 32.2. The lowest BCUT2D eigenvalue weighted by molar-refractivity contribution is -0.152. The van der Waals surface area contributed by atoms with E-state index in [0.717, 1.165) is 16.7 Å². The van der Waals surface area contributed by atoms with Crippen molar-refractivity contribution < 1.29 is 19.5 Å². The predicted molar refractivity (Wildman–Crippen MR) is 123 cm³/mol. The number of nitrogens with zero attached hydrogens (tertiary/aromatic N) is 1. The van der Waals surface area contributed by atoms with Gasteiger partial charge in [-0.15, -0.1) is 11.8 Å². The van der Waals surface area contributed by atoms with Crippen LogP contribution in [0.1, 0.15) is 28.5 Å². The topological polar surface area (TPSA) is 86.7 Å². The summed E-state index contributed by atoms with van der Waals surface area (Å²) in [5.74, 6) is -1.06. The van der Waals surface area contributed by atoms with Gasteiger partial charge in [-0.05, 0) is 35.3 Å². The van der Waals surface area contributed by atoms with Crippen LogP contribution in [0.4, 0.5) is 0 Å². The maximum atomic E-state index is 13.4. The first-order chi connectivity index (χ1) is 15.0. The highest BCUT2D eigenvalue weighted by molar-refractivity contribution is 7.99. The molecule has 0 radical (unpaired) electrons. The molecule has 2 N–H and O–H groups in total. The number of thioether (sulfide) groups is 1. The van der Waals surface area contributed by atoms with Gasteiger partial charge in [0.25, 0.3) is 0 Å². The Labute approximate surface area is 190 Å². The average molecular weight is 457 g/mol. The first-order valence-corrected chi connectivity index (χ1v) is 11.8. The van der Waals surface area contributed by atoms with E-state index in [1.807, 2.05) is 54.6 Å². The van der Waals surface area contributed by atoms with Crippen molar-refractivity contribution in [1.82, 2.24) is 10.2 Å². The number of carbonyl (C=O) groups excluding carboxylic acids is 2. The number of rotatable bonds is 5. The molecule has 1 saturated heterocycles. The summed E-state index contributed by atoms with van der Waals surface area (Å²) >= 11 is 5.99.